The molecule has 0 bridgehead atoms. The largest absolute Gasteiger partial charge is 0.495 e. The van der Waals surface area contributed by atoms with Crippen LogP contribution in [0.5, 0.6) is 5.75 Å². The number of benzene rings is 2. The molecule has 1 fully saturated rings. The summed E-state index contributed by atoms with van der Waals surface area (Å²) in [6.07, 6.45) is 0. The lowest BCUT2D eigenvalue weighted by molar-refractivity contribution is 0.122. The normalized spacial score (nSPS) is 13.8. The maximum absolute atomic E-state index is 6.16. The minimum Gasteiger partial charge on any atom is -0.495 e. The van der Waals surface area contributed by atoms with Crippen molar-refractivity contribution in [3.8, 4) is 5.75 Å². The Kier molecular flexibility index (Phi) is 6.15. The lowest BCUT2D eigenvalue weighted by atomic mass is 10.2. The van der Waals surface area contributed by atoms with Crippen LogP contribution < -0.4 is 20.3 Å². The molecule has 9 heteroatoms. The van der Waals surface area contributed by atoms with E-state index in [1.54, 1.807) is 25.3 Å². The summed E-state index contributed by atoms with van der Waals surface area (Å²) < 4.78 is 10.9. The van der Waals surface area contributed by atoms with Gasteiger partial charge < -0.3 is 25.0 Å². The number of morpholine rings is 1. The third-order valence-electron chi connectivity index (χ3n) is 4.63. The highest BCUT2D eigenvalue weighted by molar-refractivity contribution is 6.31. The van der Waals surface area contributed by atoms with E-state index in [4.69, 9.17) is 21.1 Å². The number of methoxy groups -OCH3 is 1. The van der Waals surface area contributed by atoms with Crippen molar-refractivity contribution in [1.29, 1.82) is 0 Å². The zero-order chi connectivity index (χ0) is 20.9. The van der Waals surface area contributed by atoms with E-state index in [2.05, 4.69) is 30.5 Å². The lowest BCUT2D eigenvalue weighted by Gasteiger charge is -2.27. The zero-order valence-corrected chi connectivity index (χ0v) is 17.6. The van der Waals surface area contributed by atoms with E-state index < -0.39 is 0 Å². The first-order valence-corrected chi connectivity index (χ1v) is 10.0. The summed E-state index contributed by atoms with van der Waals surface area (Å²) in [4.78, 5) is 15.8. The number of nitrogens with zero attached hydrogens (tertiary/aromatic N) is 4. The third-order valence-corrected chi connectivity index (χ3v) is 4.87. The van der Waals surface area contributed by atoms with Gasteiger partial charge in [0.15, 0.2) is 0 Å². The molecule has 8 nitrogen and oxygen atoms in total. The van der Waals surface area contributed by atoms with Crippen molar-refractivity contribution >= 4 is 40.8 Å². The number of hydrogen-bond acceptors (Lipinski definition) is 8. The highest BCUT2D eigenvalue weighted by Gasteiger charge is 2.17. The average Bonchev–Trinajstić information content (AvgIpc) is 2.76. The maximum atomic E-state index is 6.16. The van der Waals surface area contributed by atoms with Crippen LogP contribution in [0.15, 0.2) is 42.5 Å². The quantitative estimate of drug-likeness (QED) is 0.607. The molecule has 0 aliphatic carbocycles. The molecule has 1 aliphatic rings. The van der Waals surface area contributed by atoms with E-state index in [1.807, 2.05) is 31.2 Å². The number of hydrogen-bond donors (Lipinski definition) is 2. The smallest absolute Gasteiger partial charge is 0.233 e. The second-order valence-electron chi connectivity index (χ2n) is 6.84. The molecule has 0 unspecified atom stereocenters. The Labute approximate surface area is 180 Å². The van der Waals surface area contributed by atoms with Gasteiger partial charge in [-0.2, -0.15) is 15.0 Å². The van der Waals surface area contributed by atoms with Crippen LogP contribution in [0.4, 0.5) is 29.2 Å². The summed E-state index contributed by atoms with van der Waals surface area (Å²) in [7, 11) is 1.60. The van der Waals surface area contributed by atoms with Crippen LogP contribution in [0.25, 0.3) is 0 Å². The topological polar surface area (TPSA) is 84.4 Å². The molecule has 1 aliphatic heterocycles. The van der Waals surface area contributed by atoms with Gasteiger partial charge in [0.25, 0.3) is 0 Å². The molecule has 156 valence electrons. The molecule has 0 amide bonds. The van der Waals surface area contributed by atoms with Crippen molar-refractivity contribution in [3.63, 3.8) is 0 Å². The van der Waals surface area contributed by atoms with Gasteiger partial charge in [0.1, 0.15) is 5.75 Å². The number of aryl methyl sites for hydroxylation is 1. The molecule has 2 N–H and O–H groups in total. The number of anilines is 5. The summed E-state index contributed by atoms with van der Waals surface area (Å²) in [6, 6.07) is 13.4. The monoisotopic (exact) mass is 426 g/mol. The van der Waals surface area contributed by atoms with E-state index in [-0.39, 0.29) is 0 Å². The van der Waals surface area contributed by atoms with Gasteiger partial charge in [-0.05, 0) is 37.3 Å². The summed E-state index contributed by atoms with van der Waals surface area (Å²) in [5.74, 6) is 2.05. The molecule has 0 atom stereocenters. The lowest BCUT2D eigenvalue weighted by Crippen LogP contribution is -2.37. The number of aromatic nitrogens is 3. The fraction of sp³-hybridized carbons (Fsp3) is 0.286. The van der Waals surface area contributed by atoms with Crippen molar-refractivity contribution in [3.05, 3.63) is 53.1 Å². The first-order chi connectivity index (χ1) is 14.6. The van der Waals surface area contributed by atoms with E-state index >= 15 is 0 Å². The summed E-state index contributed by atoms with van der Waals surface area (Å²) in [6.45, 7) is 4.75. The highest BCUT2D eigenvalue weighted by atomic mass is 35.5. The van der Waals surface area contributed by atoms with E-state index in [0.29, 0.717) is 60.6 Å². The number of rotatable bonds is 6. The van der Waals surface area contributed by atoms with Crippen molar-refractivity contribution < 1.29 is 9.47 Å². The second-order valence-corrected chi connectivity index (χ2v) is 7.28. The molecule has 30 heavy (non-hydrogen) atoms. The molecule has 2 heterocycles. The second kappa shape index (κ2) is 9.15. The maximum Gasteiger partial charge on any atom is 0.233 e. The first kappa shape index (κ1) is 20.2. The van der Waals surface area contributed by atoms with E-state index in [0.717, 1.165) is 5.69 Å². The SMILES string of the molecule is COc1ccc(Cl)cc1Nc1nc(Nc2ccc(C)cc2)nc(N2CCOCC2)n1. The zero-order valence-electron chi connectivity index (χ0n) is 16.9. The van der Waals surface area contributed by atoms with Crippen LogP contribution in [0, 0.1) is 6.92 Å². The van der Waals surface area contributed by atoms with Crippen molar-refractivity contribution in [2.24, 2.45) is 0 Å². The predicted molar refractivity (Wildman–Crippen MR) is 119 cm³/mol. The molecular weight excluding hydrogens is 404 g/mol. The number of halogens is 1. The Morgan fingerprint density at radius 3 is 2.37 bits per heavy atom. The molecular formula is C21H23ClN6O2. The summed E-state index contributed by atoms with van der Waals surface area (Å²) >= 11 is 6.16. The van der Waals surface area contributed by atoms with Crippen LogP contribution in [-0.2, 0) is 4.74 Å². The van der Waals surface area contributed by atoms with Crippen LogP contribution in [0.1, 0.15) is 5.56 Å². The molecule has 0 spiro atoms. The highest BCUT2D eigenvalue weighted by Crippen LogP contribution is 2.30. The van der Waals surface area contributed by atoms with E-state index in [1.165, 1.54) is 5.56 Å². The fourth-order valence-electron chi connectivity index (χ4n) is 3.05. The fourth-order valence-corrected chi connectivity index (χ4v) is 3.22. The standard InChI is InChI=1S/C21H23ClN6O2/c1-14-3-6-16(7-4-14)23-19-25-20(24-17-13-15(22)5-8-18(17)29-2)27-21(26-19)28-9-11-30-12-10-28/h3-8,13H,9-12H2,1-2H3,(H2,23,24,25,26,27). The van der Waals surface area contributed by atoms with Gasteiger partial charge in [0.05, 0.1) is 26.0 Å². The predicted octanol–water partition coefficient (Wildman–Crippen LogP) is 4.17. The number of nitrogens with one attached hydrogen (secondary N) is 2. The molecule has 4 rings (SSSR count). The minimum absolute atomic E-state index is 0.390. The first-order valence-electron chi connectivity index (χ1n) is 9.64. The van der Waals surface area contributed by atoms with Gasteiger partial charge in [-0.1, -0.05) is 29.3 Å². The molecule has 1 aromatic heterocycles. The Hall–Kier alpha value is -3.10. The van der Waals surface area contributed by atoms with Crippen molar-refractivity contribution in [1.82, 2.24) is 15.0 Å². The van der Waals surface area contributed by atoms with Crippen LogP contribution in [-0.4, -0.2) is 48.4 Å². The Balaban J connectivity index is 1.67. The van der Waals surface area contributed by atoms with Crippen molar-refractivity contribution in [2.75, 3.05) is 48.9 Å². The summed E-state index contributed by atoms with van der Waals surface area (Å²) in [5, 5.41) is 7.05. The Morgan fingerprint density at radius 2 is 1.67 bits per heavy atom. The van der Waals surface area contributed by atoms with Crippen LogP contribution >= 0.6 is 11.6 Å². The van der Waals surface area contributed by atoms with Gasteiger partial charge in [0, 0.05) is 23.8 Å². The average molecular weight is 427 g/mol. The number of ether oxygens (including phenoxy) is 2. The molecule has 3 aromatic rings. The Bertz CT molecular complexity index is 1010. The van der Waals surface area contributed by atoms with Gasteiger partial charge in [-0.3, -0.25) is 0 Å². The van der Waals surface area contributed by atoms with Gasteiger partial charge in [-0.25, -0.2) is 0 Å². The Morgan fingerprint density at radius 1 is 0.967 bits per heavy atom. The summed E-state index contributed by atoms with van der Waals surface area (Å²) in [5.41, 5.74) is 2.75. The van der Waals surface area contributed by atoms with Crippen molar-refractivity contribution in [2.45, 2.75) is 6.92 Å². The molecule has 1 saturated heterocycles. The van der Waals surface area contributed by atoms with Gasteiger partial charge in [0.2, 0.25) is 17.8 Å². The van der Waals surface area contributed by atoms with Crippen LogP contribution in [0.3, 0.4) is 0 Å². The van der Waals surface area contributed by atoms with E-state index in [9.17, 15) is 0 Å². The van der Waals surface area contributed by atoms with Gasteiger partial charge in [-0.15, -0.1) is 0 Å². The minimum atomic E-state index is 0.390. The molecule has 0 radical (unpaired) electrons. The third kappa shape index (κ3) is 4.90. The molecule has 2 aromatic carbocycles. The molecule has 0 saturated carbocycles. The van der Waals surface area contributed by atoms with Gasteiger partial charge >= 0.3 is 0 Å². The van der Waals surface area contributed by atoms with Crippen LogP contribution in [0.2, 0.25) is 5.02 Å².